The van der Waals surface area contributed by atoms with E-state index in [2.05, 4.69) is 14.9 Å². The summed E-state index contributed by atoms with van der Waals surface area (Å²) < 4.78 is 1.97. The molecule has 1 aliphatic heterocycles. The van der Waals surface area contributed by atoms with E-state index in [1.165, 1.54) is 0 Å². The minimum atomic E-state index is -0.737. The number of carbonyl (C=O) groups is 1. The molecule has 0 aromatic carbocycles. The molecule has 4 heterocycles. The van der Waals surface area contributed by atoms with Gasteiger partial charge in [-0.05, 0) is 36.9 Å². The summed E-state index contributed by atoms with van der Waals surface area (Å²) in [6, 6.07) is 5.50. The van der Waals surface area contributed by atoms with E-state index in [-0.39, 0.29) is 0 Å². The highest BCUT2D eigenvalue weighted by Crippen LogP contribution is 2.30. The van der Waals surface area contributed by atoms with Crippen LogP contribution in [0.2, 0.25) is 0 Å². The molecule has 0 bridgehead atoms. The number of carboxylic acids is 1. The van der Waals surface area contributed by atoms with Crippen LogP contribution in [-0.2, 0) is 11.3 Å². The molecule has 1 fully saturated rings. The summed E-state index contributed by atoms with van der Waals surface area (Å²) in [6.45, 7) is 1.37. The Morgan fingerprint density at radius 1 is 1.38 bits per heavy atom. The zero-order valence-electron chi connectivity index (χ0n) is 13.1. The second-order valence-corrected chi connectivity index (χ2v) is 6.94. The number of hydrogen-bond acceptors (Lipinski definition) is 5. The molecule has 3 aromatic heterocycles. The Kier molecular flexibility index (Phi) is 4.03. The fourth-order valence-electron chi connectivity index (χ4n) is 3.35. The van der Waals surface area contributed by atoms with Crippen LogP contribution in [0.5, 0.6) is 0 Å². The number of rotatable bonds is 4. The maximum Gasteiger partial charge on any atom is 0.320 e. The van der Waals surface area contributed by atoms with Gasteiger partial charge in [0.15, 0.2) is 0 Å². The van der Waals surface area contributed by atoms with E-state index in [0.717, 1.165) is 35.7 Å². The number of thiophene rings is 1. The smallest absolute Gasteiger partial charge is 0.320 e. The van der Waals surface area contributed by atoms with E-state index in [4.69, 9.17) is 0 Å². The van der Waals surface area contributed by atoms with Crippen LogP contribution < -0.4 is 0 Å². The fraction of sp³-hybridized carbons (Fsp3) is 0.353. The minimum absolute atomic E-state index is 0.419. The van der Waals surface area contributed by atoms with Gasteiger partial charge in [0.2, 0.25) is 5.78 Å². The third-order valence-electron chi connectivity index (χ3n) is 4.51. The molecule has 1 saturated heterocycles. The van der Waals surface area contributed by atoms with Crippen molar-refractivity contribution < 1.29 is 9.90 Å². The molecule has 1 N–H and O–H groups in total. The molecule has 3 aromatic rings. The topological polar surface area (TPSA) is 70.7 Å². The minimum Gasteiger partial charge on any atom is -0.480 e. The molecule has 0 radical (unpaired) electrons. The Bertz CT molecular complexity index is 859. The zero-order chi connectivity index (χ0) is 16.5. The van der Waals surface area contributed by atoms with E-state index in [9.17, 15) is 9.90 Å². The van der Waals surface area contributed by atoms with Gasteiger partial charge in [0.05, 0.1) is 10.6 Å². The molecule has 0 amide bonds. The SMILES string of the molecule is O=C(O)[C@@H]1CCCCN1Cc1c(-c2cccs2)nc2ncccn12. The lowest BCUT2D eigenvalue weighted by molar-refractivity contribution is -0.144. The maximum absolute atomic E-state index is 11.6. The van der Waals surface area contributed by atoms with Crippen LogP contribution in [0, 0.1) is 0 Å². The number of piperidine rings is 1. The first-order chi connectivity index (χ1) is 11.7. The lowest BCUT2D eigenvalue weighted by Gasteiger charge is -2.32. The van der Waals surface area contributed by atoms with Crippen molar-refractivity contribution in [1.82, 2.24) is 19.3 Å². The highest BCUT2D eigenvalue weighted by atomic mass is 32.1. The lowest BCUT2D eigenvalue weighted by Crippen LogP contribution is -2.44. The Labute approximate surface area is 143 Å². The molecule has 0 aliphatic carbocycles. The average molecular weight is 342 g/mol. The van der Waals surface area contributed by atoms with E-state index in [1.807, 2.05) is 34.2 Å². The van der Waals surface area contributed by atoms with Crippen molar-refractivity contribution in [3.8, 4) is 10.6 Å². The summed E-state index contributed by atoms with van der Waals surface area (Å²) >= 11 is 1.64. The first kappa shape index (κ1) is 15.3. The van der Waals surface area contributed by atoms with Gasteiger partial charge < -0.3 is 5.11 Å². The quantitative estimate of drug-likeness (QED) is 0.789. The van der Waals surface area contributed by atoms with Crippen LogP contribution in [0.1, 0.15) is 25.0 Å². The number of hydrogen-bond donors (Lipinski definition) is 1. The molecule has 7 heteroatoms. The Balaban J connectivity index is 1.77. The molecular weight excluding hydrogens is 324 g/mol. The fourth-order valence-corrected chi connectivity index (χ4v) is 4.09. The van der Waals surface area contributed by atoms with Crippen molar-refractivity contribution >= 4 is 23.1 Å². The van der Waals surface area contributed by atoms with E-state index in [0.29, 0.717) is 18.7 Å². The Morgan fingerprint density at radius 3 is 3.08 bits per heavy atom. The monoisotopic (exact) mass is 342 g/mol. The molecular formula is C17H18N4O2S. The van der Waals surface area contributed by atoms with Crippen LogP contribution in [0.15, 0.2) is 36.0 Å². The largest absolute Gasteiger partial charge is 0.480 e. The average Bonchev–Trinajstić information content (AvgIpc) is 3.23. The van der Waals surface area contributed by atoms with Crippen molar-refractivity contribution in [2.45, 2.75) is 31.8 Å². The molecule has 6 nitrogen and oxygen atoms in total. The third-order valence-corrected chi connectivity index (χ3v) is 5.39. The van der Waals surface area contributed by atoms with E-state index < -0.39 is 12.0 Å². The molecule has 1 atom stereocenters. The predicted octanol–water partition coefficient (Wildman–Crippen LogP) is 2.90. The van der Waals surface area contributed by atoms with Crippen molar-refractivity contribution in [2.75, 3.05) is 6.54 Å². The number of likely N-dealkylation sites (tertiary alicyclic amines) is 1. The number of carboxylic acid groups (broad SMARTS) is 1. The van der Waals surface area contributed by atoms with Crippen LogP contribution in [0.4, 0.5) is 0 Å². The van der Waals surface area contributed by atoms with Gasteiger partial charge in [-0.15, -0.1) is 11.3 Å². The van der Waals surface area contributed by atoms with Crippen molar-refractivity contribution in [2.24, 2.45) is 0 Å². The predicted molar refractivity (Wildman–Crippen MR) is 92.0 cm³/mol. The maximum atomic E-state index is 11.6. The summed E-state index contributed by atoms with van der Waals surface area (Å²) in [6.07, 6.45) is 6.39. The first-order valence-corrected chi connectivity index (χ1v) is 8.94. The zero-order valence-corrected chi connectivity index (χ0v) is 13.9. The summed E-state index contributed by atoms with van der Waals surface area (Å²) in [5, 5.41) is 11.6. The standard InChI is InChI=1S/C17H18N4O2S/c22-16(23)12-5-1-2-8-20(12)11-13-15(14-6-3-10-24-14)19-17-18-7-4-9-21(13)17/h3-4,6-7,9-10,12H,1-2,5,8,11H2,(H,22,23)/t12-/m0/s1. The van der Waals surface area contributed by atoms with Crippen molar-refractivity contribution in [1.29, 1.82) is 0 Å². The Hall–Kier alpha value is -2.25. The van der Waals surface area contributed by atoms with Gasteiger partial charge >= 0.3 is 5.97 Å². The van der Waals surface area contributed by atoms with Crippen LogP contribution >= 0.6 is 11.3 Å². The second-order valence-electron chi connectivity index (χ2n) is 5.99. The van der Waals surface area contributed by atoms with Gasteiger partial charge in [0, 0.05) is 18.9 Å². The van der Waals surface area contributed by atoms with Gasteiger partial charge in [-0.25, -0.2) is 9.97 Å². The first-order valence-electron chi connectivity index (χ1n) is 8.07. The van der Waals surface area contributed by atoms with Gasteiger partial charge in [-0.1, -0.05) is 12.5 Å². The molecule has 0 saturated carbocycles. The highest BCUT2D eigenvalue weighted by Gasteiger charge is 2.30. The number of fused-ring (bicyclic) bond motifs is 1. The number of nitrogens with zero attached hydrogens (tertiary/aromatic N) is 4. The van der Waals surface area contributed by atoms with Crippen LogP contribution in [0.3, 0.4) is 0 Å². The second kappa shape index (κ2) is 6.33. The van der Waals surface area contributed by atoms with E-state index >= 15 is 0 Å². The summed E-state index contributed by atoms with van der Waals surface area (Å²) in [5.74, 6) is -0.0842. The summed E-state index contributed by atoms with van der Waals surface area (Å²) in [7, 11) is 0. The number of imidazole rings is 1. The van der Waals surface area contributed by atoms with Gasteiger partial charge in [0.1, 0.15) is 11.7 Å². The lowest BCUT2D eigenvalue weighted by atomic mass is 10.0. The molecule has 24 heavy (non-hydrogen) atoms. The molecule has 1 aliphatic rings. The van der Waals surface area contributed by atoms with Crippen LogP contribution in [0.25, 0.3) is 16.3 Å². The third kappa shape index (κ3) is 2.70. The van der Waals surface area contributed by atoms with Crippen molar-refractivity contribution in [3.05, 3.63) is 41.7 Å². The van der Waals surface area contributed by atoms with Gasteiger partial charge in [-0.3, -0.25) is 14.1 Å². The Morgan fingerprint density at radius 2 is 2.29 bits per heavy atom. The van der Waals surface area contributed by atoms with Gasteiger partial charge in [0.25, 0.3) is 0 Å². The molecule has 0 unspecified atom stereocenters. The van der Waals surface area contributed by atoms with Crippen LogP contribution in [-0.4, -0.2) is 42.9 Å². The van der Waals surface area contributed by atoms with Gasteiger partial charge in [-0.2, -0.15) is 0 Å². The summed E-state index contributed by atoms with van der Waals surface area (Å²) in [4.78, 5) is 23.8. The summed E-state index contributed by atoms with van der Waals surface area (Å²) in [5.41, 5.74) is 1.91. The molecule has 0 spiro atoms. The van der Waals surface area contributed by atoms with E-state index in [1.54, 1.807) is 17.5 Å². The highest BCUT2D eigenvalue weighted by molar-refractivity contribution is 7.13. The number of aliphatic carboxylic acids is 1. The van der Waals surface area contributed by atoms with Crippen molar-refractivity contribution in [3.63, 3.8) is 0 Å². The normalized spacial score (nSPS) is 18.9. The molecule has 124 valence electrons. The number of aromatic nitrogens is 3. The molecule has 4 rings (SSSR count).